The number of benzene rings is 6. The zero-order valence-corrected chi connectivity index (χ0v) is 45.0. The van der Waals surface area contributed by atoms with Crippen LogP contribution in [0.2, 0.25) is 0 Å². The first-order chi connectivity index (χ1) is 39.0. The molecule has 0 atom stereocenters. The van der Waals surface area contributed by atoms with Crippen molar-refractivity contribution in [1.82, 2.24) is 19.9 Å². The number of para-hydroxylation sites is 1. The van der Waals surface area contributed by atoms with E-state index in [1.165, 1.54) is 12.3 Å². The van der Waals surface area contributed by atoms with Crippen LogP contribution in [0, 0.1) is 25.1 Å². The SMILES string of the molecule is [2H]C([2H])([2H])c1ccccc1-c1cc(-c2[c-]ccc3c2oc2nc4ccccc4cc23)ncc1C([2H])([2H])C([2H])([2H])c1cc(CC(CC)(CC)c2ccc(-c3[c-]cccc3)nc2)cc(CC(CC)(CC)c2ccc(-c3[c-]cccc3)nc2)c1.[Ir+3]. The Morgan fingerprint density at radius 2 is 1.13 bits per heavy atom. The zero-order chi connectivity index (χ0) is 56.7. The summed E-state index contributed by atoms with van der Waals surface area (Å²) in [5.41, 5.74) is 9.36. The fourth-order valence-corrected chi connectivity index (χ4v) is 10.9. The molecule has 5 aromatic heterocycles. The van der Waals surface area contributed by atoms with Gasteiger partial charge in [-0.25, -0.2) is 4.98 Å². The van der Waals surface area contributed by atoms with Crippen LogP contribution in [0.4, 0.5) is 0 Å². The number of fused-ring (bicyclic) bond motifs is 4. The zero-order valence-electron chi connectivity index (χ0n) is 49.6. The summed E-state index contributed by atoms with van der Waals surface area (Å²) in [7, 11) is 0. The second-order valence-electron chi connectivity index (χ2n) is 19.4. The molecule has 0 bridgehead atoms. The molecule has 0 saturated carbocycles. The summed E-state index contributed by atoms with van der Waals surface area (Å²) in [6.07, 6.45) is 3.82. The van der Waals surface area contributed by atoms with Crippen LogP contribution in [0.25, 0.3) is 77.9 Å². The van der Waals surface area contributed by atoms with E-state index in [2.05, 4.69) is 64.1 Å². The minimum atomic E-state index is -2.81. The van der Waals surface area contributed by atoms with Crippen molar-refractivity contribution in [2.24, 2.45) is 0 Å². The summed E-state index contributed by atoms with van der Waals surface area (Å²) in [4.78, 5) is 19.6. The molecule has 6 heteroatoms. The maximum absolute atomic E-state index is 10.3. The maximum Gasteiger partial charge on any atom is 3.00 e. The van der Waals surface area contributed by atoms with Gasteiger partial charge in [0.2, 0.25) is 5.71 Å². The summed E-state index contributed by atoms with van der Waals surface area (Å²) in [5.74, 6) is 0. The molecule has 11 aromatic rings. The molecule has 0 unspecified atom stereocenters. The molecule has 0 aliphatic heterocycles. The molecule has 5 heterocycles. The van der Waals surface area contributed by atoms with Crippen LogP contribution in [0.5, 0.6) is 0 Å². The van der Waals surface area contributed by atoms with Crippen molar-refractivity contribution in [3.8, 4) is 44.9 Å². The van der Waals surface area contributed by atoms with Gasteiger partial charge >= 0.3 is 20.1 Å². The maximum atomic E-state index is 10.3. The number of rotatable bonds is 17. The Labute approximate surface area is 465 Å². The Kier molecular flexibility index (Phi) is 12.7. The van der Waals surface area contributed by atoms with E-state index in [0.29, 0.717) is 35.4 Å². The summed E-state index contributed by atoms with van der Waals surface area (Å²) in [6.45, 7) is 6.10. The molecule has 0 saturated heterocycles. The third-order valence-corrected chi connectivity index (χ3v) is 15.4. The predicted octanol–water partition coefficient (Wildman–Crippen LogP) is 17.1. The Morgan fingerprint density at radius 3 is 1.73 bits per heavy atom. The number of aryl methyl sites for hydroxylation is 3. The van der Waals surface area contributed by atoms with Gasteiger partial charge in [-0.05, 0) is 137 Å². The molecule has 0 fully saturated rings. The average molecular weight is 1160 g/mol. The molecule has 6 aromatic carbocycles. The molecule has 0 N–H and O–H groups in total. The molecule has 5 nitrogen and oxygen atoms in total. The van der Waals surface area contributed by atoms with Crippen LogP contribution in [0.1, 0.15) is 102 Å². The minimum absolute atomic E-state index is 0. The molecule has 0 aliphatic carbocycles. The van der Waals surface area contributed by atoms with Gasteiger partial charge in [-0.1, -0.05) is 130 Å². The first-order valence-electron chi connectivity index (χ1n) is 29.3. The van der Waals surface area contributed by atoms with Crippen molar-refractivity contribution >= 4 is 33.0 Å². The Bertz CT molecular complexity index is 3930. The standard InChI is InChI=1S/C69H61N4O.Ir/c1-6-68(7-2,55-33-35-62(71-45-55)51-22-12-10-13-23-51)42-49-37-48(38-50(39-49)43-69(8-3,9-4)56-34-36-63(72-46-56)52-24-14-11-15-25-52)31-32-54-44-70-65(41-60(54)57-27-18-16-21-47(57)5)59-29-20-28-58-61-40-53-26-17-19-30-64(53)73-67(61)74-66(58)59;/h10-22,24,26-28,30,33-41,44-46H,6-9,31-32,42-43H2,1-5H3;/q-3;+3/i5D3,31D2,32D2;. The van der Waals surface area contributed by atoms with Crippen molar-refractivity contribution in [2.75, 3.05) is 0 Å². The summed E-state index contributed by atoms with van der Waals surface area (Å²) >= 11 is 0. The van der Waals surface area contributed by atoms with E-state index in [9.17, 15) is 5.48 Å². The summed E-state index contributed by atoms with van der Waals surface area (Å²) in [6, 6.07) is 61.3. The van der Waals surface area contributed by atoms with Crippen molar-refractivity contribution in [3.63, 3.8) is 0 Å². The first-order valence-corrected chi connectivity index (χ1v) is 25.8. The normalized spacial score (nSPS) is 13.8. The molecule has 11 rings (SSSR count). The fraction of sp³-hybridized carbons (Fsp3) is 0.217. The van der Waals surface area contributed by atoms with E-state index < -0.39 is 30.4 Å². The van der Waals surface area contributed by atoms with E-state index in [0.717, 1.165) is 92.1 Å². The van der Waals surface area contributed by atoms with Crippen LogP contribution in [-0.2, 0) is 56.5 Å². The Hall–Kier alpha value is -7.37. The van der Waals surface area contributed by atoms with Crippen LogP contribution >= 0.6 is 0 Å². The van der Waals surface area contributed by atoms with Crippen molar-refractivity contribution in [1.29, 1.82) is 0 Å². The van der Waals surface area contributed by atoms with E-state index in [1.54, 1.807) is 30.3 Å². The molecule has 0 spiro atoms. The number of hydrogen-bond donors (Lipinski definition) is 0. The number of aromatic nitrogens is 4. The topological polar surface area (TPSA) is 64.7 Å². The molecular weight excluding hydrogens is 1090 g/mol. The van der Waals surface area contributed by atoms with Gasteiger partial charge in [0.15, 0.2) is 0 Å². The largest absolute Gasteiger partial charge is 3.00 e. The van der Waals surface area contributed by atoms with Crippen molar-refractivity contribution in [2.45, 2.75) is 96.6 Å². The Morgan fingerprint density at radius 1 is 0.533 bits per heavy atom. The van der Waals surface area contributed by atoms with Gasteiger partial charge in [0.1, 0.15) is 0 Å². The molecule has 0 radical (unpaired) electrons. The third-order valence-electron chi connectivity index (χ3n) is 15.4. The molecule has 0 amide bonds. The Balaban J connectivity index is 0.00000753. The number of furan rings is 1. The third kappa shape index (κ3) is 10.3. The molecule has 372 valence electrons. The molecular formula is C69H61IrN4O. The van der Waals surface area contributed by atoms with Gasteiger partial charge in [-0.15, -0.1) is 90.0 Å². The molecule has 0 aliphatic rings. The van der Waals surface area contributed by atoms with E-state index in [4.69, 9.17) is 28.5 Å². The predicted molar refractivity (Wildman–Crippen MR) is 304 cm³/mol. The molecule has 75 heavy (non-hydrogen) atoms. The quantitative estimate of drug-likeness (QED) is 0.0850. The second-order valence-corrected chi connectivity index (χ2v) is 19.4. The van der Waals surface area contributed by atoms with Crippen LogP contribution < -0.4 is 0 Å². The van der Waals surface area contributed by atoms with E-state index in [-0.39, 0.29) is 47.9 Å². The van der Waals surface area contributed by atoms with Gasteiger partial charge in [0.05, 0.1) is 11.1 Å². The van der Waals surface area contributed by atoms with Crippen molar-refractivity contribution < 1.29 is 34.1 Å². The van der Waals surface area contributed by atoms with Crippen LogP contribution in [-0.4, -0.2) is 19.9 Å². The van der Waals surface area contributed by atoms with Crippen molar-refractivity contribution in [3.05, 3.63) is 240 Å². The first kappa shape index (κ1) is 42.9. The minimum Gasteiger partial charge on any atom is -0.486 e. The van der Waals surface area contributed by atoms with Crippen LogP contribution in [0.3, 0.4) is 0 Å². The van der Waals surface area contributed by atoms with Gasteiger partial charge in [0.25, 0.3) is 0 Å². The van der Waals surface area contributed by atoms with E-state index >= 15 is 0 Å². The summed E-state index contributed by atoms with van der Waals surface area (Å²) in [5, 5.41) is 2.52. The number of pyridine rings is 4. The fourth-order valence-electron chi connectivity index (χ4n) is 10.9. The van der Waals surface area contributed by atoms with E-state index in [1.807, 2.05) is 122 Å². The van der Waals surface area contributed by atoms with Gasteiger partial charge in [-0.3, -0.25) is 0 Å². The van der Waals surface area contributed by atoms with Crippen LogP contribution in [0.15, 0.2) is 187 Å². The smallest absolute Gasteiger partial charge is 0.486 e. The monoisotopic (exact) mass is 1160 g/mol. The number of nitrogens with zero attached hydrogens (tertiary/aromatic N) is 4. The number of hydrogen-bond acceptors (Lipinski definition) is 5. The second kappa shape index (κ2) is 22.2. The van der Waals surface area contributed by atoms with Gasteiger partial charge in [-0.2, -0.15) is 0 Å². The van der Waals surface area contributed by atoms with Gasteiger partial charge < -0.3 is 19.4 Å². The summed E-state index contributed by atoms with van der Waals surface area (Å²) < 4.78 is 73.5. The average Bonchev–Trinajstić information content (AvgIpc) is 2.64. The van der Waals surface area contributed by atoms with Gasteiger partial charge in [0, 0.05) is 49.8 Å².